The average Bonchev–Trinajstić information content (AvgIpc) is 2.74. The number of esters is 2. The minimum Gasteiger partial charge on any atom is -0.502 e. The Balaban J connectivity index is 2.43. The normalized spacial score (nSPS) is 11.7. The van der Waals surface area contributed by atoms with Crippen LogP contribution in [0.25, 0.3) is 5.57 Å². The number of carbonyl (C=O) groups excluding carboxylic acids is 3. The summed E-state index contributed by atoms with van der Waals surface area (Å²) in [6, 6.07) is 15.3. The molecule has 0 aliphatic carbocycles. The van der Waals surface area contributed by atoms with Crippen LogP contribution in [0.5, 0.6) is 0 Å². The van der Waals surface area contributed by atoms with Gasteiger partial charge in [-0.3, -0.25) is 4.79 Å². The van der Waals surface area contributed by atoms with Crippen molar-refractivity contribution in [3.8, 4) is 0 Å². The largest absolute Gasteiger partial charge is 0.502 e. The van der Waals surface area contributed by atoms with Gasteiger partial charge in [0.15, 0.2) is 5.78 Å². The topological polar surface area (TPSA) is 89.9 Å². The second-order valence-electron chi connectivity index (χ2n) is 5.85. The van der Waals surface area contributed by atoms with Crippen molar-refractivity contribution in [2.75, 3.05) is 13.2 Å². The molecule has 150 valence electrons. The van der Waals surface area contributed by atoms with Crippen LogP contribution in [0.4, 0.5) is 0 Å². The van der Waals surface area contributed by atoms with E-state index >= 15 is 0 Å². The molecule has 1 N–H and O–H groups in total. The second kappa shape index (κ2) is 10.6. The predicted molar refractivity (Wildman–Crippen MR) is 108 cm³/mol. The summed E-state index contributed by atoms with van der Waals surface area (Å²) < 4.78 is 9.77. The number of ether oxygens (including phenoxy) is 2. The number of rotatable bonds is 8. The van der Waals surface area contributed by atoms with E-state index in [-0.39, 0.29) is 24.6 Å². The van der Waals surface area contributed by atoms with E-state index in [0.29, 0.717) is 16.7 Å². The van der Waals surface area contributed by atoms with E-state index in [1.54, 1.807) is 62.4 Å². The number of hydrogen-bond acceptors (Lipinski definition) is 6. The van der Waals surface area contributed by atoms with Gasteiger partial charge in [-0.05, 0) is 37.6 Å². The number of allylic oxidation sites excluding steroid dienone is 2. The van der Waals surface area contributed by atoms with E-state index in [0.717, 1.165) is 6.08 Å². The highest BCUT2D eigenvalue weighted by Gasteiger charge is 2.16. The van der Waals surface area contributed by atoms with Crippen molar-refractivity contribution in [3.05, 3.63) is 89.2 Å². The van der Waals surface area contributed by atoms with Gasteiger partial charge in [-0.2, -0.15) is 0 Å². The third-order valence-corrected chi connectivity index (χ3v) is 3.86. The maximum Gasteiger partial charge on any atom is 0.373 e. The van der Waals surface area contributed by atoms with Gasteiger partial charge in [-0.15, -0.1) is 0 Å². The maximum atomic E-state index is 12.7. The summed E-state index contributed by atoms with van der Waals surface area (Å²) in [5.74, 6) is -2.39. The van der Waals surface area contributed by atoms with E-state index in [9.17, 15) is 19.5 Å². The van der Waals surface area contributed by atoms with Crippen LogP contribution in [0.15, 0.2) is 72.5 Å². The van der Waals surface area contributed by atoms with Crippen molar-refractivity contribution in [2.45, 2.75) is 13.8 Å². The molecule has 6 heteroatoms. The van der Waals surface area contributed by atoms with Gasteiger partial charge in [0.25, 0.3) is 0 Å². The first-order valence-electron chi connectivity index (χ1n) is 9.13. The molecule has 2 rings (SSSR count). The second-order valence-corrected chi connectivity index (χ2v) is 5.85. The first-order valence-corrected chi connectivity index (χ1v) is 9.13. The van der Waals surface area contributed by atoms with Gasteiger partial charge >= 0.3 is 11.9 Å². The number of hydrogen-bond donors (Lipinski definition) is 1. The van der Waals surface area contributed by atoms with Gasteiger partial charge in [-0.1, -0.05) is 48.5 Å². The summed E-state index contributed by atoms with van der Waals surface area (Å²) >= 11 is 0. The smallest absolute Gasteiger partial charge is 0.373 e. The fraction of sp³-hybridized carbons (Fsp3) is 0.174. The Labute approximate surface area is 169 Å². The molecule has 0 fully saturated rings. The predicted octanol–water partition coefficient (Wildman–Crippen LogP) is 3.87. The zero-order valence-electron chi connectivity index (χ0n) is 16.3. The Hall–Kier alpha value is -3.67. The van der Waals surface area contributed by atoms with Crippen LogP contribution in [0.2, 0.25) is 0 Å². The van der Waals surface area contributed by atoms with E-state index in [1.165, 1.54) is 6.08 Å². The Morgan fingerprint density at radius 3 is 2.03 bits per heavy atom. The van der Waals surface area contributed by atoms with Gasteiger partial charge in [0.05, 0.1) is 18.8 Å². The van der Waals surface area contributed by atoms with E-state index in [1.807, 2.05) is 6.07 Å². The summed E-state index contributed by atoms with van der Waals surface area (Å²) in [7, 11) is 0. The SMILES string of the molecule is CCOC(=O)/C(O)=C/C=C(/C(=O)OCC)c1cccc(C(=O)c2ccccc2)c1. The van der Waals surface area contributed by atoms with Crippen molar-refractivity contribution in [1.29, 1.82) is 0 Å². The zero-order valence-corrected chi connectivity index (χ0v) is 16.3. The van der Waals surface area contributed by atoms with E-state index < -0.39 is 17.7 Å². The van der Waals surface area contributed by atoms with Crippen molar-refractivity contribution in [2.24, 2.45) is 0 Å². The van der Waals surface area contributed by atoms with Gasteiger partial charge in [0.1, 0.15) is 0 Å². The Morgan fingerprint density at radius 2 is 1.38 bits per heavy atom. The monoisotopic (exact) mass is 394 g/mol. The van der Waals surface area contributed by atoms with Crippen LogP contribution < -0.4 is 0 Å². The maximum absolute atomic E-state index is 12.7. The summed E-state index contributed by atoms with van der Waals surface area (Å²) in [5, 5.41) is 9.78. The molecule has 0 bridgehead atoms. The summed E-state index contributed by atoms with van der Waals surface area (Å²) in [6.07, 6.45) is 2.33. The molecule has 0 saturated carbocycles. The molecule has 29 heavy (non-hydrogen) atoms. The molecule has 0 aromatic heterocycles. The van der Waals surface area contributed by atoms with Crippen molar-refractivity contribution in [3.63, 3.8) is 0 Å². The molecule has 0 aliphatic rings. The molecule has 0 unspecified atom stereocenters. The molecule has 0 atom stereocenters. The van der Waals surface area contributed by atoms with Gasteiger partial charge in [0, 0.05) is 11.1 Å². The van der Waals surface area contributed by atoms with Gasteiger partial charge in [-0.25, -0.2) is 9.59 Å². The van der Waals surface area contributed by atoms with Gasteiger partial charge < -0.3 is 14.6 Å². The van der Waals surface area contributed by atoms with Crippen LogP contribution in [0.1, 0.15) is 35.3 Å². The fourth-order valence-corrected chi connectivity index (χ4v) is 2.51. The fourth-order valence-electron chi connectivity index (χ4n) is 2.51. The van der Waals surface area contributed by atoms with Crippen molar-refractivity contribution in [1.82, 2.24) is 0 Å². The quantitative estimate of drug-likeness (QED) is 0.240. The minimum atomic E-state index is -0.903. The van der Waals surface area contributed by atoms with Crippen LogP contribution in [0.3, 0.4) is 0 Å². The van der Waals surface area contributed by atoms with Crippen LogP contribution >= 0.6 is 0 Å². The Kier molecular flexibility index (Phi) is 7.91. The first kappa shape index (κ1) is 21.6. The third kappa shape index (κ3) is 5.90. The molecule has 0 saturated heterocycles. The van der Waals surface area contributed by atoms with Gasteiger partial charge in [0.2, 0.25) is 5.76 Å². The molecule has 2 aromatic carbocycles. The zero-order chi connectivity index (χ0) is 21.2. The molecule has 0 amide bonds. The highest BCUT2D eigenvalue weighted by Crippen LogP contribution is 2.20. The molecular formula is C23H22O6. The number of ketones is 1. The van der Waals surface area contributed by atoms with Crippen LogP contribution in [-0.4, -0.2) is 36.0 Å². The highest BCUT2D eigenvalue weighted by atomic mass is 16.5. The molecule has 0 radical (unpaired) electrons. The number of aliphatic hydroxyl groups is 1. The highest BCUT2D eigenvalue weighted by molar-refractivity contribution is 6.18. The Bertz CT molecular complexity index is 941. The lowest BCUT2D eigenvalue weighted by atomic mass is 9.98. The molecule has 2 aromatic rings. The molecule has 0 aliphatic heterocycles. The molecule has 0 spiro atoms. The summed E-state index contributed by atoms with van der Waals surface area (Å²) in [6.45, 7) is 3.53. The average molecular weight is 394 g/mol. The van der Waals surface area contributed by atoms with Crippen LogP contribution in [-0.2, 0) is 19.1 Å². The van der Waals surface area contributed by atoms with E-state index in [4.69, 9.17) is 9.47 Å². The first-order chi connectivity index (χ1) is 14.0. The summed E-state index contributed by atoms with van der Waals surface area (Å²) in [5.41, 5.74) is 1.41. The Morgan fingerprint density at radius 1 is 0.793 bits per heavy atom. The molecule has 6 nitrogen and oxygen atoms in total. The lowest BCUT2D eigenvalue weighted by molar-refractivity contribution is -0.141. The van der Waals surface area contributed by atoms with Crippen LogP contribution in [0, 0.1) is 0 Å². The number of carbonyl (C=O) groups is 3. The molecular weight excluding hydrogens is 372 g/mol. The lowest BCUT2D eigenvalue weighted by Crippen LogP contribution is -2.09. The number of aliphatic hydroxyl groups excluding tert-OH is 1. The minimum absolute atomic E-state index is 0.0883. The standard InChI is InChI=1S/C23H22O6/c1-3-28-22(26)19(13-14-20(24)23(27)29-4-2)17-11-8-12-18(15-17)21(25)16-9-6-5-7-10-16/h5-15,24H,3-4H2,1-2H3/b19-13+,20-14-. The number of benzene rings is 2. The molecule has 0 heterocycles. The van der Waals surface area contributed by atoms with Crippen molar-refractivity contribution >= 4 is 23.3 Å². The van der Waals surface area contributed by atoms with Crippen molar-refractivity contribution < 1.29 is 29.0 Å². The summed E-state index contributed by atoms with van der Waals surface area (Å²) in [4.78, 5) is 36.7. The van der Waals surface area contributed by atoms with E-state index in [2.05, 4.69) is 0 Å². The lowest BCUT2D eigenvalue weighted by Gasteiger charge is -2.09. The third-order valence-electron chi connectivity index (χ3n) is 3.86.